The van der Waals surface area contributed by atoms with Crippen molar-refractivity contribution in [3.05, 3.63) is 72.0 Å². The second-order valence-electron chi connectivity index (χ2n) is 8.27. The number of anilines is 2. The van der Waals surface area contributed by atoms with Gasteiger partial charge in [0.1, 0.15) is 17.6 Å². The summed E-state index contributed by atoms with van der Waals surface area (Å²) in [6, 6.07) is 7.71. The molecule has 0 radical (unpaired) electrons. The van der Waals surface area contributed by atoms with Gasteiger partial charge < -0.3 is 10.2 Å². The largest absolute Gasteiger partial charge is 0.388 e. The van der Waals surface area contributed by atoms with Gasteiger partial charge in [-0.15, -0.1) is 0 Å². The highest BCUT2D eigenvalue weighted by atomic mass is 32.1. The minimum atomic E-state index is -3.26. The molecule has 9 heteroatoms. The molecule has 0 unspecified atom stereocenters. The number of hydrogen-bond donors (Lipinski definition) is 1. The molecule has 2 heterocycles. The van der Waals surface area contributed by atoms with E-state index in [0.29, 0.717) is 22.6 Å². The number of benzene rings is 1. The zero-order valence-electron chi connectivity index (χ0n) is 18.3. The first-order chi connectivity index (χ1) is 15.5. The summed E-state index contributed by atoms with van der Waals surface area (Å²) in [4.78, 5) is 7.37. The third kappa shape index (κ3) is 3.45. The highest BCUT2D eigenvalue weighted by molar-refractivity contribution is 7.80. The number of alkyl halides is 2. The molecule has 170 valence electrons. The lowest BCUT2D eigenvalue weighted by atomic mass is 9.74. The van der Waals surface area contributed by atoms with E-state index in [1.807, 2.05) is 4.90 Å². The minimum absolute atomic E-state index is 0.287. The summed E-state index contributed by atoms with van der Waals surface area (Å²) in [5, 5.41) is 12.3. The fourth-order valence-electron chi connectivity index (χ4n) is 4.41. The standard InChI is InChI=1S/C24H22F3N5S/c1-14(29-4)18-7-6-16(11-20(18)25)32-22(33)31(15(2)24(32)8-5-9-24)17-10-19(23(3,26)27)21(12-28)30-13-17/h6-7,10-11,13,29H,1-2,5,8-9H2,3-4H3. The summed E-state index contributed by atoms with van der Waals surface area (Å²) in [5.74, 6) is -3.72. The molecule has 0 amide bonds. The van der Waals surface area contributed by atoms with Crippen LogP contribution in [-0.4, -0.2) is 22.7 Å². The van der Waals surface area contributed by atoms with E-state index in [9.17, 15) is 18.4 Å². The van der Waals surface area contributed by atoms with Crippen LogP contribution in [0.25, 0.3) is 5.70 Å². The molecule has 1 aliphatic carbocycles. The molecule has 2 fully saturated rings. The maximum atomic E-state index is 14.9. The Labute approximate surface area is 195 Å². The second kappa shape index (κ2) is 7.89. The lowest BCUT2D eigenvalue weighted by Crippen LogP contribution is -2.51. The lowest BCUT2D eigenvalue weighted by molar-refractivity contribution is 0.0168. The van der Waals surface area contributed by atoms with Crippen LogP contribution in [0.3, 0.4) is 0 Å². The van der Waals surface area contributed by atoms with Crippen molar-refractivity contribution in [3.8, 4) is 6.07 Å². The van der Waals surface area contributed by atoms with Gasteiger partial charge in [-0.25, -0.2) is 18.2 Å². The molecule has 4 rings (SSSR count). The number of thiocarbonyl (C=S) groups is 1. The number of nitrogens with one attached hydrogen (secondary N) is 1. The Balaban J connectivity index is 1.80. The first-order valence-electron chi connectivity index (χ1n) is 10.3. The van der Waals surface area contributed by atoms with E-state index in [-0.39, 0.29) is 16.5 Å². The van der Waals surface area contributed by atoms with E-state index in [2.05, 4.69) is 23.5 Å². The van der Waals surface area contributed by atoms with Gasteiger partial charge in [0.15, 0.2) is 5.11 Å². The van der Waals surface area contributed by atoms with Gasteiger partial charge in [-0.3, -0.25) is 4.90 Å². The first kappa shape index (κ1) is 22.8. The molecule has 0 bridgehead atoms. The predicted molar refractivity (Wildman–Crippen MR) is 126 cm³/mol. The Morgan fingerprint density at radius 2 is 2.00 bits per heavy atom. The lowest BCUT2D eigenvalue weighted by Gasteiger charge is -2.45. The van der Waals surface area contributed by atoms with Crippen molar-refractivity contribution in [2.75, 3.05) is 16.8 Å². The van der Waals surface area contributed by atoms with E-state index >= 15 is 0 Å². The van der Waals surface area contributed by atoms with Crippen molar-refractivity contribution in [2.24, 2.45) is 0 Å². The van der Waals surface area contributed by atoms with Gasteiger partial charge in [0, 0.05) is 36.6 Å². The molecular weight excluding hydrogens is 447 g/mol. The van der Waals surface area contributed by atoms with Gasteiger partial charge in [0.2, 0.25) is 0 Å². The van der Waals surface area contributed by atoms with Gasteiger partial charge in [0.25, 0.3) is 5.92 Å². The van der Waals surface area contributed by atoms with Crippen molar-refractivity contribution in [2.45, 2.75) is 37.6 Å². The topological polar surface area (TPSA) is 55.2 Å². The van der Waals surface area contributed by atoms with Crippen LogP contribution in [0.2, 0.25) is 0 Å². The third-order valence-corrected chi connectivity index (χ3v) is 6.71. The summed E-state index contributed by atoms with van der Waals surface area (Å²) in [6.45, 7) is 8.75. The van der Waals surface area contributed by atoms with Gasteiger partial charge in [-0.1, -0.05) is 13.2 Å². The van der Waals surface area contributed by atoms with Crippen LogP contribution >= 0.6 is 12.2 Å². The highest BCUT2D eigenvalue weighted by Gasteiger charge is 2.55. The van der Waals surface area contributed by atoms with Crippen molar-refractivity contribution < 1.29 is 13.2 Å². The molecule has 5 nitrogen and oxygen atoms in total. The van der Waals surface area contributed by atoms with Gasteiger partial charge in [-0.2, -0.15) is 5.26 Å². The number of pyridine rings is 1. The minimum Gasteiger partial charge on any atom is -0.388 e. The summed E-state index contributed by atoms with van der Waals surface area (Å²) >= 11 is 5.76. The molecule has 1 aromatic carbocycles. The normalized spacial score (nSPS) is 17.2. The molecule has 1 saturated carbocycles. The number of rotatable bonds is 5. The summed E-state index contributed by atoms with van der Waals surface area (Å²) < 4.78 is 43.3. The quantitative estimate of drug-likeness (QED) is 0.589. The van der Waals surface area contributed by atoms with Crippen LogP contribution in [0.4, 0.5) is 24.5 Å². The van der Waals surface area contributed by atoms with E-state index in [0.717, 1.165) is 26.2 Å². The smallest absolute Gasteiger partial charge is 0.273 e. The summed E-state index contributed by atoms with van der Waals surface area (Å²) in [5.41, 5.74) is 0.819. The molecule has 33 heavy (non-hydrogen) atoms. The average molecular weight is 470 g/mol. The Hall–Kier alpha value is -3.38. The number of halogens is 3. The zero-order valence-corrected chi connectivity index (χ0v) is 19.1. The molecule has 2 aromatic rings. The number of aromatic nitrogens is 1. The molecule has 1 aliphatic heterocycles. The predicted octanol–water partition coefficient (Wildman–Crippen LogP) is 5.44. The van der Waals surface area contributed by atoms with E-state index < -0.39 is 22.8 Å². The second-order valence-corrected chi connectivity index (χ2v) is 8.63. The van der Waals surface area contributed by atoms with Crippen LogP contribution < -0.4 is 15.1 Å². The Morgan fingerprint density at radius 3 is 2.52 bits per heavy atom. The molecule has 1 N–H and O–H groups in total. The maximum absolute atomic E-state index is 14.9. The highest BCUT2D eigenvalue weighted by Crippen LogP contribution is 2.52. The molecule has 1 aromatic heterocycles. The van der Waals surface area contributed by atoms with Crippen LogP contribution in [-0.2, 0) is 5.92 Å². The Morgan fingerprint density at radius 1 is 1.30 bits per heavy atom. The molecule has 1 saturated heterocycles. The molecule has 1 spiro atoms. The summed E-state index contributed by atoms with van der Waals surface area (Å²) in [6.07, 6.45) is 3.72. The van der Waals surface area contributed by atoms with Crippen molar-refractivity contribution in [1.29, 1.82) is 5.26 Å². The Bertz CT molecular complexity index is 1220. The zero-order chi connectivity index (χ0) is 24.1. The van der Waals surface area contributed by atoms with E-state index in [1.54, 1.807) is 30.1 Å². The maximum Gasteiger partial charge on any atom is 0.273 e. The molecule has 0 atom stereocenters. The third-order valence-electron chi connectivity index (χ3n) is 6.35. The fraction of sp³-hybridized carbons (Fsp3) is 0.292. The Kier molecular flexibility index (Phi) is 5.45. The van der Waals surface area contributed by atoms with Crippen LogP contribution in [0, 0.1) is 17.1 Å². The van der Waals surface area contributed by atoms with Crippen LogP contribution in [0.1, 0.15) is 43.0 Å². The fourth-order valence-corrected chi connectivity index (χ4v) is 4.90. The SMILES string of the molecule is C=C(NC)c1ccc(N2C(=S)N(c3cnc(C#N)c(C(C)(F)F)c3)C(=C)C23CCC3)cc1F. The molecular formula is C24H22F3N5S. The number of nitrogens with zero attached hydrogens (tertiary/aromatic N) is 4. The van der Waals surface area contributed by atoms with Crippen LogP contribution in [0.5, 0.6) is 0 Å². The van der Waals surface area contributed by atoms with Crippen molar-refractivity contribution in [3.63, 3.8) is 0 Å². The van der Waals surface area contributed by atoms with E-state index in [4.69, 9.17) is 12.2 Å². The first-order valence-corrected chi connectivity index (χ1v) is 10.7. The average Bonchev–Trinajstić information content (AvgIpc) is 2.98. The monoisotopic (exact) mass is 469 g/mol. The number of hydrogen-bond acceptors (Lipinski definition) is 4. The summed E-state index contributed by atoms with van der Waals surface area (Å²) in [7, 11) is 1.66. The van der Waals surface area contributed by atoms with Crippen LogP contribution in [0.15, 0.2) is 49.3 Å². The van der Waals surface area contributed by atoms with Gasteiger partial charge in [-0.05, 0) is 55.7 Å². The van der Waals surface area contributed by atoms with Gasteiger partial charge >= 0.3 is 0 Å². The van der Waals surface area contributed by atoms with Gasteiger partial charge in [0.05, 0.1) is 23.0 Å². The van der Waals surface area contributed by atoms with Crippen molar-refractivity contribution >= 4 is 34.4 Å². The number of nitriles is 1. The molecule has 2 aliphatic rings. The van der Waals surface area contributed by atoms with E-state index in [1.165, 1.54) is 18.3 Å². The van der Waals surface area contributed by atoms with Crippen molar-refractivity contribution in [1.82, 2.24) is 10.3 Å².